The second-order valence-electron chi connectivity index (χ2n) is 6.67. The van der Waals surface area contributed by atoms with Gasteiger partial charge < -0.3 is 15.5 Å². The number of guanidine groups is 1. The summed E-state index contributed by atoms with van der Waals surface area (Å²) in [4.78, 5) is 20.0. The van der Waals surface area contributed by atoms with Gasteiger partial charge in [-0.05, 0) is 24.9 Å². The Morgan fingerprint density at radius 1 is 1.28 bits per heavy atom. The molecule has 1 aromatic carbocycles. The van der Waals surface area contributed by atoms with E-state index >= 15 is 0 Å². The molecule has 1 heterocycles. The van der Waals surface area contributed by atoms with Crippen molar-refractivity contribution >= 4 is 11.9 Å². The first-order valence-corrected chi connectivity index (χ1v) is 9.03. The van der Waals surface area contributed by atoms with Gasteiger partial charge in [-0.25, -0.2) is 0 Å². The summed E-state index contributed by atoms with van der Waals surface area (Å²) in [5.74, 6) is 0.880. The van der Waals surface area contributed by atoms with Crippen LogP contribution in [-0.2, 0) is 11.3 Å². The van der Waals surface area contributed by atoms with E-state index in [4.69, 9.17) is 0 Å². The normalized spacial score (nSPS) is 18.2. The largest absolute Gasteiger partial charge is 0.356 e. The summed E-state index contributed by atoms with van der Waals surface area (Å²) in [7, 11) is 5.31. The molecule has 25 heavy (non-hydrogen) atoms. The van der Waals surface area contributed by atoms with Crippen molar-refractivity contribution in [2.75, 3.05) is 40.8 Å². The lowest BCUT2D eigenvalue weighted by Gasteiger charge is -2.25. The predicted molar refractivity (Wildman–Crippen MR) is 103 cm³/mol. The van der Waals surface area contributed by atoms with Gasteiger partial charge in [-0.1, -0.05) is 30.3 Å². The lowest BCUT2D eigenvalue weighted by molar-refractivity contribution is -0.128. The zero-order chi connectivity index (χ0) is 18.1. The van der Waals surface area contributed by atoms with Crippen LogP contribution >= 0.6 is 0 Å². The highest BCUT2D eigenvalue weighted by molar-refractivity contribution is 5.81. The molecule has 0 aromatic heterocycles. The van der Waals surface area contributed by atoms with Gasteiger partial charge in [0.2, 0.25) is 5.91 Å². The average molecular weight is 345 g/mol. The van der Waals surface area contributed by atoms with Crippen molar-refractivity contribution in [1.82, 2.24) is 20.4 Å². The van der Waals surface area contributed by atoms with Gasteiger partial charge >= 0.3 is 0 Å². The van der Waals surface area contributed by atoms with E-state index in [9.17, 15) is 4.79 Å². The molecule has 6 nitrogen and oxygen atoms in total. The molecule has 1 amide bonds. The van der Waals surface area contributed by atoms with Gasteiger partial charge in [-0.3, -0.25) is 14.7 Å². The Hall–Kier alpha value is -2.08. The molecule has 1 unspecified atom stereocenters. The molecule has 0 spiro atoms. The summed E-state index contributed by atoms with van der Waals surface area (Å²) < 4.78 is 0. The third-order valence-electron chi connectivity index (χ3n) is 4.59. The Bertz CT molecular complexity index is 558. The highest BCUT2D eigenvalue weighted by Gasteiger charge is 2.24. The number of hydrogen-bond donors (Lipinski definition) is 2. The van der Waals surface area contributed by atoms with E-state index in [2.05, 4.69) is 50.9 Å². The van der Waals surface area contributed by atoms with Crippen molar-refractivity contribution in [1.29, 1.82) is 0 Å². The van der Waals surface area contributed by atoms with Crippen molar-refractivity contribution in [3.8, 4) is 0 Å². The number of amides is 1. The molecule has 1 fully saturated rings. The number of rotatable bonds is 7. The summed E-state index contributed by atoms with van der Waals surface area (Å²) in [6.45, 7) is 3.60. The van der Waals surface area contributed by atoms with Gasteiger partial charge in [0.05, 0.1) is 0 Å². The lowest BCUT2D eigenvalue weighted by atomic mass is 10.2. The van der Waals surface area contributed by atoms with E-state index < -0.39 is 0 Å². The van der Waals surface area contributed by atoms with Crippen molar-refractivity contribution < 1.29 is 4.79 Å². The molecule has 2 rings (SSSR count). The number of nitrogens with zero attached hydrogens (tertiary/aromatic N) is 3. The van der Waals surface area contributed by atoms with Crippen molar-refractivity contribution in [3.63, 3.8) is 0 Å². The van der Waals surface area contributed by atoms with Crippen LogP contribution in [0.5, 0.6) is 0 Å². The maximum absolute atomic E-state index is 11.6. The fourth-order valence-corrected chi connectivity index (χ4v) is 3.10. The van der Waals surface area contributed by atoms with E-state index in [1.54, 1.807) is 26.0 Å². The maximum atomic E-state index is 11.6. The van der Waals surface area contributed by atoms with Crippen LogP contribution in [-0.4, -0.2) is 68.5 Å². The topological polar surface area (TPSA) is 60.0 Å². The van der Waals surface area contributed by atoms with Gasteiger partial charge in [-0.15, -0.1) is 0 Å². The van der Waals surface area contributed by atoms with Crippen molar-refractivity contribution in [2.24, 2.45) is 4.99 Å². The van der Waals surface area contributed by atoms with Gasteiger partial charge in [0.15, 0.2) is 5.96 Å². The minimum atomic E-state index is 0.118. The molecule has 2 N–H and O–H groups in total. The number of nitrogens with one attached hydrogen (secondary N) is 2. The van der Waals surface area contributed by atoms with E-state index in [0.29, 0.717) is 19.0 Å². The number of likely N-dealkylation sites (tertiary alicyclic amines) is 1. The molecule has 1 aliphatic rings. The average Bonchev–Trinajstić information content (AvgIpc) is 3.05. The van der Waals surface area contributed by atoms with Crippen LogP contribution in [0.25, 0.3) is 0 Å². The summed E-state index contributed by atoms with van der Waals surface area (Å²) >= 11 is 0. The van der Waals surface area contributed by atoms with Crippen LogP contribution in [0.1, 0.15) is 24.8 Å². The SMILES string of the molecule is CN=C(NCCC(=O)N(C)C)NCC1CCCN1Cc1ccccc1. The molecule has 138 valence electrons. The standard InChI is InChI=1S/C19H31N5O/c1-20-19(21-12-11-18(25)23(2)3)22-14-17-10-7-13-24(17)15-16-8-5-4-6-9-16/h4-6,8-9,17H,7,10-15H2,1-3H3,(H2,20,21,22). The van der Waals surface area contributed by atoms with Crippen LogP contribution in [0.3, 0.4) is 0 Å². The predicted octanol–water partition coefficient (Wildman–Crippen LogP) is 1.29. The maximum Gasteiger partial charge on any atom is 0.223 e. The summed E-state index contributed by atoms with van der Waals surface area (Å²) in [6, 6.07) is 11.1. The van der Waals surface area contributed by atoms with Gasteiger partial charge in [0.1, 0.15) is 0 Å². The summed E-state index contributed by atoms with van der Waals surface area (Å²) in [6.07, 6.45) is 2.91. The summed E-state index contributed by atoms with van der Waals surface area (Å²) in [5.41, 5.74) is 1.36. The quantitative estimate of drug-likeness (QED) is 0.578. The Labute approximate surface area is 151 Å². The number of carbonyl (C=O) groups excluding carboxylic acids is 1. The molecule has 0 bridgehead atoms. The molecule has 1 atom stereocenters. The number of hydrogen-bond acceptors (Lipinski definition) is 3. The van der Waals surface area contributed by atoms with Gasteiger partial charge in [-0.2, -0.15) is 0 Å². The third-order valence-corrected chi connectivity index (χ3v) is 4.59. The number of carbonyl (C=O) groups is 1. The molecule has 1 saturated heterocycles. The molecule has 0 saturated carbocycles. The van der Waals surface area contributed by atoms with Crippen molar-refractivity contribution in [3.05, 3.63) is 35.9 Å². The smallest absolute Gasteiger partial charge is 0.223 e. The van der Waals surface area contributed by atoms with Gasteiger partial charge in [0.25, 0.3) is 0 Å². The molecule has 1 aliphatic heterocycles. The summed E-state index contributed by atoms with van der Waals surface area (Å²) in [5, 5.41) is 6.62. The third kappa shape index (κ3) is 6.38. The van der Waals surface area contributed by atoms with Crippen LogP contribution < -0.4 is 10.6 Å². The molecule has 0 radical (unpaired) electrons. The monoisotopic (exact) mass is 345 g/mol. The van der Waals surface area contributed by atoms with Crippen LogP contribution in [0.2, 0.25) is 0 Å². The van der Waals surface area contributed by atoms with E-state index in [0.717, 1.165) is 25.6 Å². The van der Waals surface area contributed by atoms with Crippen molar-refractivity contribution in [2.45, 2.75) is 31.8 Å². The fourth-order valence-electron chi connectivity index (χ4n) is 3.10. The zero-order valence-electron chi connectivity index (χ0n) is 15.7. The highest BCUT2D eigenvalue weighted by atomic mass is 16.2. The Morgan fingerprint density at radius 3 is 2.72 bits per heavy atom. The second-order valence-corrected chi connectivity index (χ2v) is 6.67. The molecule has 1 aromatic rings. The Balaban J connectivity index is 1.75. The zero-order valence-corrected chi connectivity index (χ0v) is 15.7. The first kappa shape index (κ1) is 19.2. The van der Waals surface area contributed by atoms with Crippen LogP contribution in [0, 0.1) is 0 Å². The number of benzene rings is 1. The Kier molecular flexibility index (Phi) is 7.73. The molecular formula is C19H31N5O. The second kappa shape index (κ2) is 10.0. The van der Waals surface area contributed by atoms with E-state index in [-0.39, 0.29) is 5.91 Å². The minimum absolute atomic E-state index is 0.118. The van der Waals surface area contributed by atoms with E-state index in [1.807, 2.05) is 0 Å². The van der Waals surface area contributed by atoms with Gasteiger partial charge in [0, 0.05) is 53.2 Å². The minimum Gasteiger partial charge on any atom is -0.356 e. The van der Waals surface area contributed by atoms with E-state index in [1.165, 1.54) is 18.4 Å². The molecule has 6 heteroatoms. The first-order chi connectivity index (χ1) is 12.1. The highest BCUT2D eigenvalue weighted by Crippen LogP contribution is 2.19. The van der Waals surface area contributed by atoms with Crippen LogP contribution in [0.15, 0.2) is 35.3 Å². The fraction of sp³-hybridized carbons (Fsp3) is 0.579. The molecule has 0 aliphatic carbocycles. The number of aliphatic imine (C=N–C) groups is 1. The van der Waals surface area contributed by atoms with Crippen LogP contribution in [0.4, 0.5) is 0 Å². The first-order valence-electron chi connectivity index (χ1n) is 9.03. The molecular weight excluding hydrogens is 314 g/mol. The lowest BCUT2D eigenvalue weighted by Crippen LogP contribution is -2.45. The Morgan fingerprint density at radius 2 is 2.04 bits per heavy atom.